The summed E-state index contributed by atoms with van der Waals surface area (Å²) < 4.78 is 204. The Hall–Kier alpha value is -5.61. The predicted octanol–water partition coefficient (Wildman–Crippen LogP) is 9.59. The summed E-state index contributed by atoms with van der Waals surface area (Å²) in [5.74, 6) is -2.37. The maximum absolute atomic E-state index is 9.45. The van der Waals surface area contributed by atoms with Gasteiger partial charge in [-0.1, -0.05) is 115 Å². The van der Waals surface area contributed by atoms with Crippen LogP contribution in [0.2, 0.25) is 0 Å². The monoisotopic (exact) mass is 548 g/mol. The fourth-order valence-corrected chi connectivity index (χ4v) is 4.05. The molecule has 8 rings (SSSR count). The minimum absolute atomic E-state index is 0.360. The van der Waals surface area contributed by atoms with E-state index in [1.54, 1.807) is 0 Å². The molecular weight excluding hydrogens is 502 g/mol. The van der Waals surface area contributed by atoms with Gasteiger partial charge in [-0.25, -0.2) is 15.0 Å². The van der Waals surface area contributed by atoms with Gasteiger partial charge in [-0.05, 0) is 40.7 Å². The van der Waals surface area contributed by atoms with E-state index >= 15 is 0 Å². The highest BCUT2D eigenvalue weighted by Gasteiger charge is 2.14. The van der Waals surface area contributed by atoms with Crippen LogP contribution < -0.4 is 0 Å². The van der Waals surface area contributed by atoms with Crippen LogP contribution in [-0.4, -0.2) is 15.0 Å². The van der Waals surface area contributed by atoms with Crippen molar-refractivity contribution in [3.05, 3.63) is 139 Å². The highest BCUT2D eigenvalue weighted by atomic mass is 16.3. The summed E-state index contributed by atoms with van der Waals surface area (Å²) in [6.07, 6.45) is 0. The van der Waals surface area contributed by atoms with Crippen molar-refractivity contribution < 1.29 is 35.9 Å². The zero-order chi connectivity index (χ0) is 47.2. The maximum atomic E-state index is 9.45. The highest BCUT2D eigenvalue weighted by molar-refractivity contribution is 6.15. The van der Waals surface area contributed by atoms with Gasteiger partial charge in [0.15, 0.2) is 17.5 Å². The fourth-order valence-electron chi connectivity index (χ4n) is 4.05. The highest BCUT2D eigenvalue weighted by Crippen LogP contribution is 2.37. The van der Waals surface area contributed by atoms with Crippen molar-refractivity contribution >= 4 is 32.7 Å². The third-order valence-corrected chi connectivity index (χ3v) is 5.87. The molecule has 0 aliphatic heterocycles. The molecular formula is C37H23N3O. The lowest BCUT2D eigenvalue weighted by atomic mass is 10.00. The van der Waals surface area contributed by atoms with Gasteiger partial charge in [-0.15, -0.1) is 0 Å². The molecule has 0 aliphatic rings. The van der Waals surface area contributed by atoms with Gasteiger partial charge in [0, 0.05) is 32.8 Å². The molecule has 0 spiro atoms. The van der Waals surface area contributed by atoms with E-state index in [0.29, 0.717) is 0 Å². The van der Waals surface area contributed by atoms with Crippen LogP contribution in [0.15, 0.2) is 143 Å². The van der Waals surface area contributed by atoms with E-state index < -0.39 is 206 Å². The Bertz CT molecular complexity index is 3350. The van der Waals surface area contributed by atoms with E-state index in [-0.39, 0.29) is 10.8 Å². The first-order valence-electron chi connectivity index (χ1n) is 23.2. The molecule has 0 aliphatic carbocycles. The molecule has 6 aromatic carbocycles. The van der Waals surface area contributed by atoms with Gasteiger partial charge in [-0.2, -0.15) is 0 Å². The lowest BCUT2D eigenvalue weighted by molar-refractivity contribution is 0.672. The van der Waals surface area contributed by atoms with Crippen LogP contribution in [0.1, 0.15) is 31.5 Å². The molecule has 0 bridgehead atoms. The predicted molar refractivity (Wildman–Crippen MR) is 166 cm³/mol. The molecule has 2 aromatic heterocycles. The third kappa shape index (κ3) is 4.14. The SMILES string of the molecule is [2H]c1c([2H])c([2H])c(-c2nc(-c3c([2H])c([2H])c([2H])c([2H])c3[2H])nc(-c3c([2H])c([2H])c([2H])c(-c4c([2H])c([2H])c5oc6c7c([2H])c([2H])c([2H])c([2H])c7c([2H])c([2H])c6c5c4[2H])c3[2H])n2)c([2H])c1[2H]. The van der Waals surface area contributed by atoms with Crippen molar-refractivity contribution in [1.82, 2.24) is 15.0 Å². The molecule has 0 atom stereocenters. The van der Waals surface area contributed by atoms with Crippen LogP contribution in [-0.2, 0) is 0 Å². The number of hydrogen-bond acceptors (Lipinski definition) is 4. The van der Waals surface area contributed by atoms with Crippen molar-refractivity contribution in [2.24, 2.45) is 0 Å². The molecule has 0 fully saturated rings. The van der Waals surface area contributed by atoms with E-state index in [9.17, 15) is 2.74 Å². The maximum Gasteiger partial charge on any atom is 0.164 e. The Kier molecular flexibility index (Phi) is 2.28. The number of aromatic nitrogens is 3. The topological polar surface area (TPSA) is 51.8 Å². The smallest absolute Gasteiger partial charge is 0.164 e. The second-order valence-electron chi connectivity index (χ2n) is 8.32. The average Bonchev–Trinajstić information content (AvgIpc) is 3.67. The number of benzene rings is 6. The third-order valence-electron chi connectivity index (χ3n) is 5.87. The summed E-state index contributed by atoms with van der Waals surface area (Å²) in [4.78, 5) is 12.6. The second kappa shape index (κ2) is 9.54. The molecule has 0 amide bonds. The fraction of sp³-hybridized carbons (Fsp3) is 0. The van der Waals surface area contributed by atoms with E-state index in [0.717, 1.165) is 0 Å². The van der Waals surface area contributed by atoms with Gasteiger partial charge < -0.3 is 4.42 Å². The summed E-state index contributed by atoms with van der Waals surface area (Å²) in [6.45, 7) is 0. The molecule has 8 aromatic rings. The summed E-state index contributed by atoms with van der Waals surface area (Å²) in [5, 5.41) is -1.58. The van der Waals surface area contributed by atoms with Gasteiger partial charge in [-0.3, -0.25) is 0 Å². The molecule has 0 unspecified atom stereocenters. The lowest BCUT2D eigenvalue weighted by Crippen LogP contribution is -2.00. The summed E-state index contributed by atoms with van der Waals surface area (Å²) >= 11 is 0. The van der Waals surface area contributed by atoms with Crippen LogP contribution in [0.3, 0.4) is 0 Å². The minimum Gasteiger partial charge on any atom is -0.455 e. The molecule has 0 saturated heterocycles. The van der Waals surface area contributed by atoms with Crippen molar-refractivity contribution in [1.29, 1.82) is 0 Å². The van der Waals surface area contributed by atoms with E-state index in [1.807, 2.05) is 0 Å². The Morgan fingerprint density at radius 2 is 1.00 bits per heavy atom. The average molecular weight is 549 g/mol. The second-order valence-corrected chi connectivity index (χ2v) is 8.32. The van der Waals surface area contributed by atoms with Gasteiger partial charge in [0.25, 0.3) is 0 Å². The van der Waals surface area contributed by atoms with Gasteiger partial charge in [0.1, 0.15) is 11.2 Å². The van der Waals surface area contributed by atoms with Crippen molar-refractivity contribution in [2.75, 3.05) is 0 Å². The number of rotatable bonds is 4. The van der Waals surface area contributed by atoms with Crippen molar-refractivity contribution in [3.8, 4) is 45.3 Å². The van der Waals surface area contributed by atoms with Gasteiger partial charge >= 0.3 is 0 Å². The largest absolute Gasteiger partial charge is 0.455 e. The summed E-state index contributed by atoms with van der Waals surface area (Å²) in [6, 6.07) is -18.9. The zero-order valence-electron chi connectivity index (χ0n) is 43.2. The van der Waals surface area contributed by atoms with Crippen LogP contribution >= 0.6 is 0 Å². The molecule has 0 N–H and O–H groups in total. The number of fused-ring (bicyclic) bond motifs is 5. The number of hydrogen-bond donors (Lipinski definition) is 0. The van der Waals surface area contributed by atoms with Crippen LogP contribution in [0.5, 0.6) is 0 Å². The summed E-state index contributed by atoms with van der Waals surface area (Å²) in [7, 11) is 0. The van der Waals surface area contributed by atoms with Gasteiger partial charge in [0.2, 0.25) is 0 Å². The van der Waals surface area contributed by atoms with Crippen LogP contribution in [0.25, 0.3) is 78.0 Å². The normalized spacial score (nSPS) is 19.3. The molecule has 2 heterocycles. The molecule has 4 nitrogen and oxygen atoms in total. The quantitative estimate of drug-likeness (QED) is 0.220. The Morgan fingerprint density at radius 1 is 0.415 bits per heavy atom. The number of nitrogens with zero attached hydrogens (tertiary/aromatic N) is 3. The van der Waals surface area contributed by atoms with Crippen LogP contribution in [0.4, 0.5) is 0 Å². The molecule has 0 radical (unpaired) electrons. The van der Waals surface area contributed by atoms with Gasteiger partial charge in [0.05, 0.1) is 31.5 Å². The minimum atomic E-state index is -0.978. The first kappa shape index (κ1) is 9.79. The molecule has 192 valence electrons. The first-order valence-corrected chi connectivity index (χ1v) is 11.7. The Balaban J connectivity index is 1.52. The molecule has 41 heavy (non-hydrogen) atoms. The van der Waals surface area contributed by atoms with E-state index in [4.69, 9.17) is 33.2 Å². The standard InChI is InChI=1S/C37H23N3O/c1-3-11-25(12-4-1)35-38-36(26-13-5-2-6-14-26)40-37(39-35)29-16-9-15-27(22-29)28-19-21-33-32(23-28)31-20-18-24-10-7-8-17-30(24)34(31)41-33/h1-23H/i1D,2D,3D,4D,5D,6D,7D,8D,9D,10D,11D,12D,13D,14D,15D,16D,17D,18D,19D,20D,21D,22D,23D. The summed E-state index contributed by atoms with van der Waals surface area (Å²) in [5.41, 5.74) is -4.57. The van der Waals surface area contributed by atoms with Crippen molar-refractivity contribution in [2.45, 2.75) is 0 Å². The Labute approximate surface area is 268 Å². The number of furan rings is 1. The van der Waals surface area contributed by atoms with Crippen molar-refractivity contribution in [3.63, 3.8) is 0 Å². The van der Waals surface area contributed by atoms with Crippen LogP contribution in [0, 0.1) is 0 Å². The molecule has 4 heteroatoms. The lowest BCUT2D eigenvalue weighted by Gasteiger charge is -2.09. The van der Waals surface area contributed by atoms with E-state index in [1.165, 1.54) is 0 Å². The zero-order valence-corrected chi connectivity index (χ0v) is 20.2. The van der Waals surface area contributed by atoms with E-state index in [2.05, 4.69) is 15.0 Å². The molecule has 0 saturated carbocycles. The first-order chi connectivity index (χ1) is 29.9. The Morgan fingerprint density at radius 3 is 1.73 bits per heavy atom.